The molecule has 0 aliphatic heterocycles. The molecular formula is C14H9Br2Cl2N3. The molecule has 7 heteroatoms. The molecule has 0 unspecified atom stereocenters. The van der Waals surface area contributed by atoms with Gasteiger partial charge in [-0.3, -0.25) is 4.57 Å². The fourth-order valence-electron chi connectivity index (χ4n) is 2.13. The van der Waals surface area contributed by atoms with Crippen LogP contribution in [0.2, 0.25) is 5.02 Å². The average Bonchev–Trinajstić information content (AvgIpc) is 2.79. The van der Waals surface area contributed by atoms with Crippen LogP contribution in [0.3, 0.4) is 0 Å². The Morgan fingerprint density at radius 3 is 2.71 bits per heavy atom. The Labute approximate surface area is 148 Å². The van der Waals surface area contributed by atoms with Gasteiger partial charge in [0.1, 0.15) is 11.3 Å². The van der Waals surface area contributed by atoms with Gasteiger partial charge in [0.15, 0.2) is 5.65 Å². The minimum absolute atomic E-state index is 0.495. The summed E-state index contributed by atoms with van der Waals surface area (Å²) in [5, 5.41) is 0.642. The van der Waals surface area contributed by atoms with E-state index in [4.69, 9.17) is 23.2 Å². The number of rotatable bonds is 3. The molecule has 2 aromatic heterocycles. The number of alkyl halides is 1. The van der Waals surface area contributed by atoms with Crippen LogP contribution < -0.4 is 0 Å². The van der Waals surface area contributed by atoms with E-state index in [2.05, 4.69) is 41.8 Å². The van der Waals surface area contributed by atoms with Gasteiger partial charge >= 0.3 is 0 Å². The van der Waals surface area contributed by atoms with E-state index in [0.29, 0.717) is 17.3 Å². The maximum Gasteiger partial charge on any atom is 0.164 e. The molecule has 0 aliphatic carbocycles. The van der Waals surface area contributed by atoms with Crippen molar-refractivity contribution >= 4 is 66.2 Å². The molecule has 21 heavy (non-hydrogen) atoms. The summed E-state index contributed by atoms with van der Waals surface area (Å²) in [4.78, 5) is 9.09. The second-order valence-electron chi connectivity index (χ2n) is 4.40. The van der Waals surface area contributed by atoms with Crippen molar-refractivity contribution in [1.82, 2.24) is 14.5 Å². The molecular weight excluding hydrogens is 441 g/mol. The lowest BCUT2D eigenvalue weighted by Crippen LogP contribution is -2.03. The third-order valence-corrected chi connectivity index (χ3v) is 4.87. The number of pyridine rings is 1. The number of nitrogens with zero attached hydrogens (tertiary/aromatic N) is 3. The highest BCUT2D eigenvalue weighted by Crippen LogP contribution is 2.28. The second-order valence-corrected chi connectivity index (χ2v) is 6.95. The zero-order chi connectivity index (χ0) is 15.0. The first-order valence-electron chi connectivity index (χ1n) is 6.14. The monoisotopic (exact) mass is 447 g/mol. The minimum atomic E-state index is 0.495. The zero-order valence-corrected chi connectivity index (χ0v) is 15.3. The van der Waals surface area contributed by atoms with Gasteiger partial charge in [-0.15, -0.1) is 11.6 Å². The molecule has 1 aromatic carbocycles. The molecule has 0 spiro atoms. The molecule has 3 nitrogen and oxygen atoms in total. The van der Waals surface area contributed by atoms with Crippen molar-refractivity contribution in [3.05, 3.63) is 50.3 Å². The predicted molar refractivity (Wildman–Crippen MR) is 93.7 cm³/mol. The van der Waals surface area contributed by atoms with Crippen LogP contribution in [0.25, 0.3) is 16.9 Å². The third-order valence-electron chi connectivity index (χ3n) is 3.01. The van der Waals surface area contributed by atoms with Crippen LogP contribution in [0.1, 0.15) is 5.82 Å². The molecule has 108 valence electrons. The lowest BCUT2D eigenvalue weighted by molar-refractivity contribution is 0.905. The van der Waals surface area contributed by atoms with Gasteiger partial charge in [-0.1, -0.05) is 11.6 Å². The Bertz CT molecular complexity index is 817. The van der Waals surface area contributed by atoms with Gasteiger partial charge in [0, 0.05) is 27.4 Å². The van der Waals surface area contributed by atoms with Crippen LogP contribution in [0, 0.1) is 0 Å². The molecule has 0 radical (unpaired) electrons. The highest BCUT2D eigenvalue weighted by molar-refractivity contribution is 9.10. The molecule has 0 bridgehead atoms. The van der Waals surface area contributed by atoms with E-state index in [1.54, 1.807) is 6.20 Å². The SMILES string of the molecule is ClCCc1nc2cc(Br)cnc2n1-c1ccc(Br)c(Cl)c1. The van der Waals surface area contributed by atoms with E-state index >= 15 is 0 Å². The standard InChI is InChI=1S/C14H9Br2Cl2N3/c15-8-5-12-14(19-7-8)21(13(20-12)3-4-17)9-1-2-10(16)11(18)6-9/h1-2,5-7H,3-4H2. The summed E-state index contributed by atoms with van der Waals surface area (Å²) < 4.78 is 3.74. The number of hydrogen-bond acceptors (Lipinski definition) is 2. The number of halogens is 4. The van der Waals surface area contributed by atoms with Crippen molar-refractivity contribution in [2.24, 2.45) is 0 Å². The highest BCUT2D eigenvalue weighted by atomic mass is 79.9. The molecule has 0 N–H and O–H groups in total. The van der Waals surface area contributed by atoms with E-state index in [-0.39, 0.29) is 0 Å². The number of benzene rings is 1. The largest absolute Gasteiger partial charge is 0.281 e. The molecule has 0 fully saturated rings. The van der Waals surface area contributed by atoms with Crippen molar-refractivity contribution in [3.8, 4) is 5.69 Å². The van der Waals surface area contributed by atoms with E-state index in [1.807, 2.05) is 28.8 Å². The maximum absolute atomic E-state index is 6.20. The Kier molecular flexibility index (Phi) is 4.54. The van der Waals surface area contributed by atoms with E-state index in [1.165, 1.54) is 0 Å². The van der Waals surface area contributed by atoms with Gasteiger partial charge in [-0.2, -0.15) is 0 Å². The van der Waals surface area contributed by atoms with Gasteiger partial charge in [0.25, 0.3) is 0 Å². The fraction of sp³-hybridized carbons (Fsp3) is 0.143. The van der Waals surface area contributed by atoms with Crippen LogP contribution in [0.15, 0.2) is 39.4 Å². The molecule has 3 aromatic rings. The van der Waals surface area contributed by atoms with Crippen molar-refractivity contribution < 1.29 is 0 Å². The van der Waals surface area contributed by atoms with Gasteiger partial charge < -0.3 is 0 Å². The smallest absolute Gasteiger partial charge is 0.164 e. The molecule has 3 rings (SSSR count). The second kappa shape index (κ2) is 6.24. The van der Waals surface area contributed by atoms with Gasteiger partial charge in [0.2, 0.25) is 0 Å². The van der Waals surface area contributed by atoms with Crippen molar-refractivity contribution in [2.75, 3.05) is 5.88 Å². The molecule has 0 atom stereocenters. The first kappa shape index (κ1) is 15.3. The number of hydrogen-bond donors (Lipinski definition) is 0. The van der Waals surface area contributed by atoms with E-state index in [0.717, 1.165) is 31.6 Å². The quantitative estimate of drug-likeness (QED) is 0.502. The van der Waals surface area contributed by atoms with Crippen LogP contribution in [0.5, 0.6) is 0 Å². The molecule has 0 amide bonds. The minimum Gasteiger partial charge on any atom is -0.281 e. The number of imidazole rings is 1. The number of fused-ring (bicyclic) bond motifs is 1. The Balaban J connectivity index is 2.27. The summed E-state index contributed by atoms with van der Waals surface area (Å²) >= 11 is 18.9. The van der Waals surface area contributed by atoms with Gasteiger partial charge in [-0.25, -0.2) is 9.97 Å². The van der Waals surface area contributed by atoms with Crippen LogP contribution >= 0.6 is 55.1 Å². The molecule has 0 saturated heterocycles. The Morgan fingerprint density at radius 2 is 2.00 bits per heavy atom. The maximum atomic E-state index is 6.20. The summed E-state index contributed by atoms with van der Waals surface area (Å²) in [6.07, 6.45) is 2.41. The zero-order valence-electron chi connectivity index (χ0n) is 10.7. The van der Waals surface area contributed by atoms with Gasteiger partial charge in [0.05, 0.1) is 10.7 Å². The Morgan fingerprint density at radius 1 is 1.19 bits per heavy atom. The van der Waals surface area contributed by atoms with Gasteiger partial charge in [-0.05, 0) is 56.1 Å². The van der Waals surface area contributed by atoms with Crippen molar-refractivity contribution in [1.29, 1.82) is 0 Å². The lowest BCUT2D eigenvalue weighted by Gasteiger charge is -2.09. The summed E-state index contributed by atoms with van der Waals surface area (Å²) in [6, 6.07) is 7.70. The van der Waals surface area contributed by atoms with E-state index in [9.17, 15) is 0 Å². The number of aromatic nitrogens is 3. The molecule has 2 heterocycles. The Hall–Kier alpha value is -0.620. The van der Waals surface area contributed by atoms with Crippen molar-refractivity contribution in [3.63, 3.8) is 0 Å². The predicted octanol–water partition coefficient (Wildman–Crippen LogP) is 5.38. The summed E-state index contributed by atoms with van der Waals surface area (Å²) in [7, 11) is 0. The average molecular weight is 450 g/mol. The number of aryl methyl sites for hydroxylation is 1. The highest BCUT2D eigenvalue weighted by Gasteiger charge is 2.14. The van der Waals surface area contributed by atoms with Crippen LogP contribution in [-0.2, 0) is 6.42 Å². The van der Waals surface area contributed by atoms with Crippen LogP contribution in [-0.4, -0.2) is 20.4 Å². The topological polar surface area (TPSA) is 30.7 Å². The summed E-state index contributed by atoms with van der Waals surface area (Å²) in [5.41, 5.74) is 2.53. The fourth-order valence-corrected chi connectivity index (χ4v) is 3.04. The first-order chi connectivity index (χ1) is 10.1. The van der Waals surface area contributed by atoms with E-state index < -0.39 is 0 Å². The van der Waals surface area contributed by atoms with Crippen LogP contribution in [0.4, 0.5) is 0 Å². The van der Waals surface area contributed by atoms with Crippen molar-refractivity contribution in [2.45, 2.75) is 6.42 Å². The molecule has 0 aliphatic rings. The summed E-state index contributed by atoms with van der Waals surface area (Å²) in [5.74, 6) is 1.36. The third kappa shape index (κ3) is 2.97. The lowest BCUT2D eigenvalue weighted by atomic mass is 10.3. The first-order valence-corrected chi connectivity index (χ1v) is 8.64. The normalized spacial score (nSPS) is 11.2. The summed E-state index contributed by atoms with van der Waals surface area (Å²) in [6.45, 7) is 0. The molecule has 0 saturated carbocycles.